The SMILES string of the molecule is CC1CN(CCCCC2CCOCC2)CCC1Br. The van der Waals surface area contributed by atoms with Crippen LogP contribution in [-0.2, 0) is 4.74 Å². The zero-order valence-corrected chi connectivity index (χ0v) is 13.3. The Morgan fingerprint density at radius 1 is 1.17 bits per heavy atom. The van der Waals surface area contributed by atoms with Gasteiger partial charge in [0.15, 0.2) is 0 Å². The number of hydrogen-bond acceptors (Lipinski definition) is 2. The highest BCUT2D eigenvalue weighted by Crippen LogP contribution is 2.24. The second-order valence-corrected chi connectivity index (χ2v) is 7.31. The number of hydrogen-bond donors (Lipinski definition) is 0. The van der Waals surface area contributed by atoms with Crippen molar-refractivity contribution in [2.24, 2.45) is 11.8 Å². The second-order valence-electron chi connectivity index (χ2n) is 6.13. The molecule has 2 aliphatic heterocycles. The summed E-state index contributed by atoms with van der Waals surface area (Å²) in [4.78, 5) is 3.41. The first-order chi connectivity index (χ1) is 8.75. The minimum Gasteiger partial charge on any atom is -0.381 e. The van der Waals surface area contributed by atoms with E-state index >= 15 is 0 Å². The van der Waals surface area contributed by atoms with E-state index in [0.717, 1.165) is 29.9 Å². The summed E-state index contributed by atoms with van der Waals surface area (Å²) >= 11 is 3.78. The number of unbranched alkanes of at least 4 members (excludes halogenated alkanes) is 1. The minimum atomic E-state index is 0.746. The van der Waals surface area contributed by atoms with Gasteiger partial charge in [-0.2, -0.15) is 0 Å². The molecule has 0 N–H and O–H groups in total. The van der Waals surface area contributed by atoms with Crippen molar-refractivity contribution in [2.75, 3.05) is 32.8 Å². The standard InChI is InChI=1S/C15H28BrNO/c1-13-12-17(9-5-15(13)16)8-3-2-4-14-6-10-18-11-7-14/h13-15H,2-12H2,1H3. The molecule has 2 heterocycles. The number of alkyl halides is 1. The summed E-state index contributed by atoms with van der Waals surface area (Å²) in [5, 5.41) is 0. The van der Waals surface area contributed by atoms with Gasteiger partial charge in [-0.05, 0) is 50.6 Å². The van der Waals surface area contributed by atoms with Crippen LogP contribution in [0.15, 0.2) is 0 Å². The van der Waals surface area contributed by atoms with Gasteiger partial charge < -0.3 is 9.64 Å². The van der Waals surface area contributed by atoms with Gasteiger partial charge in [0.1, 0.15) is 0 Å². The molecule has 2 fully saturated rings. The number of likely N-dealkylation sites (tertiary alicyclic amines) is 1. The molecule has 2 nitrogen and oxygen atoms in total. The zero-order valence-electron chi connectivity index (χ0n) is 11.7. The van der Waals surface area contributed by atoms with E-state index in [-0.39, 0.29) is 0 Å². The maximum Gasteiger partial charge on any atom is 0.0468 e. The lowest BCUT2D eigenvalue weighted by atomic mass is 9.94. The molecule has 0 aliphatic carbocycles. The first-order valence-electron chi connectivity index (χ1n) is 7.70. The molecule has 0 bridgehead atoms. The topological polar surface area (TPSA) is 12.5 Å². The Morgan fingerprint density at radius 2 is 1.94 bits per heavy atom. The Balaban J connectivity index is 1.52. The first kappa shape index (κ1) is 14.8. The summed E-state index contributed by atoms with van der Waals surface area (Å²) in [5.41, 5.74) is 0. The van der Waals surface area contributed by atoms with Gasteiger partial charge in [-0.1, -0.05) is 35.7 Å². The number of halogens is 1. The van der Waals surface area contributed by atoms with Crippen molar-refractivity contribution in [3.8, 4) is 0 Å². The van der Waals surface area contributed by atoms with E-state index in [0.29, 0.717) is 0 Å². The third-order valence-electron chi connectivity index (χ3n) is 4.56. The Kier molecular flexibility index (Phi) is 6.46. The highest BCUT2D eigenvalue weighted by atomic mass is 79.9. The highest BCUT2D eigenvalue weighted by Gasteiger charge is 2.23. The Labute approximate surface area is 121 Å². The van der Waals surface area contributed by atoms with Crippen LogP contribution in [-0.4, -0.2) is 42.6 Å². The van der Waals surface area contributed by atoms with Crippen LogP contribution in [0.5, 0.6) is 0 Å². The van der Waals surface area contributed by atoms with Crippen LogP contribution in [0.1, 0.15) is 45.4 Å². The van der Waals surface area contributed by atoms with Crippen LogP contribution in [0.4, 0.5) is 0 Å². The molecule has 2 rings (SSSR count). The average Bonchev–Trinajstić information content (AvgIpc) is 2.40. The molecule has 0 amide bonds. The van der Waals surface area contributed by atoms with Gasteiger partial charge in [0.25, 0.3) is 0 Å². The molecule has 0 radical (unpaired) electrons. The van der Waals surface area contributed by atoms with Gasteiger partial charge in [-0.3, -0.25) is 0 Å². The van der Waals surface area contributed by atoms with Gasteiger partial charge in [-0.15, -0.1) is 0 Å². The van der Waals surface area contributed by atoms with E-state index in [4.69, 9.17) is 4.74 Å². The molecule has 0 aromatic carbocycles. The van der Waals surface area contributed by atoms with Crippen molar-refractivity contribution in [3.63, 3.8) is 0 Å². The molecule has 0 aromatic heterocycles. The van der Waals surface area contributed by atoms with E-state index < -0.39 is 0 Å². The van der Waals surface area contributed by atoms with Crippen LogP contribution >= 0.6 is 15.9 Å². The maximum atomic E-state index is 5.41. The first-order valence-corrected chi connectivity index (χ1v) is 8.61. The average molecular weight is 318 g/mol. The molecule has 2 atom stereocenters. The Bertz CT molecular complexity index is 231. The lowest BCUT2D eigenvalue weighted by Gasteiger charge is -2.34. The van der Waals surface area contributed by atoms with E-state index in [1.54, 1.807) is 0 Å². The van der Waals surface area contributed by atoms with Crippen LogP contribution in [0.2, 0.25) is 0 Å². The van der Waals surface area contributed by atoms with E-state index in [9.17, 15) is 0 Å². The summed E-state index contributed by atoms with van der Waals surface area (Å²) in [7, 11) is 0. The fourth-order valence-corrected chi connectivity index (χ4v) is 3.58. The molecule has 0 spiro atoms. The molecule has 2 aliphatic rings. The van der Waals surface area contributed by atoms with Crippen LogP contribution in [0, 0.1) is 11.8 Å². The van der Waals surface area contributed by atoms with Gasteiger partial charge >= 0.3 is 0 Å². The van der Waals surface area contributed by atoms with Crippen molar-refractivity contribution < 1.29 is 4.74 Å². The second kappa shape index (κ2) is 7.86. The molecule has 106 valence electrons. The Morgan fingerprint density at radius 3 is 2.67 bits per heavy atom. The van der Waals surface area contributed by atoms with E-state index in [1.807, 2.05) is 0 Å². The van der Waals surface area contributed by atoms with Crippen LogP contribution < -0.4 is 0 Å². The van der Waals surface area contributed by atoms with Crippen LogP contribution in [0.3, 0.4) is 0 Å². The summed E-state index contributed by atoms with van der Waals surface area (Å²) in [6, 6.07) is 0. The van der Waals surface area contributed by atoms with Crippen molar-refractivity contribution in [1.82, 2.24) is 4.90 Å². The van der Waals surface area contributed by atoms with E-state index in [1.165, 1.54) is 58.2 Å². The molecule has 0 saturated carbocycles. The Hall–Kier alpha value is 0.400. The smallest absolute Gasteiger partial charge is 0.0468 e. The van der Waals surface area contributed by atoms with Gasteiger partial charge in [-0.25, -0.2) is 0 Å². The minimum absolute atomic E-state index is 0.746. The summed E-state index contributed by atoms with van der Waals surface area (Å²) in [6.07, 6.45) is 8.14. The number of piperidine rings is 1. The summed E-state index contributed by atoms with van der Waals surface area (Å²) in [5.74, 6) is 1.76. The third kappa shape index (κ3) is 4.82. The van der Waals surface area contributed by atoms with Crippen molar-refractivity contribution >= 4 is 15.9 Å². The maximum absolute atomic E-state index is 5.41. The molecule has 18 heavy (non-hydrogen) atoms. The zero-order chi connectivity index (χ0) is 12.8. The molecule has 0 aromatic rings. The number of nitrogens with zero attached hydrogens (tertiary/aromatic N) is 1. The highest BCUT2D eigenvalue weighted by molar-refractivity contribution is 9.09. The third-order valence-corrected chi connectivity index (χ3v) is 5.92. The lowest BCUT2D eigenvalue weighted by Crippen LogP contribution is -2.40. The van der Waals surface area contributed by atoms with Gasteiger partial charge in [0, 0.05) is 24.6 Å². The van der Waals surface area contributed by atoms with Crippen molar-refractivity contribution in [2.45, 2.75) is 50.3 Å². The lowest BCUT2D eigenvalue weighted by molar-refractivity contribution is 0.0627. The quantitative estimate of drug-likeness (QED) is 0.566. The molecular weight excluding hydrogens is 290 g/mol. The van der Waals surface area contributed by atoms with Crippen LogP contribution in [0.25, 0.3) is 0 Å². The fourth-order valence-electron chi connectivity index (χ4n) is 3.21. The fraction of sp³-hybridized carbons (Fsp3) is 1.00. The molecular formula is C15H28BrNO. The summed E-state index contributed by atoms with van der Waals surface area (Å²) in [6.45, 7) is 8.26. The van der Waals surface area contributed by atoms with E-state index in [2.05, 4.69) is 27.8 Å². The van der Waals surface area contributed by atoms with Gasteiger partial charge in [0.05, 0.1) is 0 Å². The molecule has 2 saturated heterocycles. The normalized spacial score (nSPS) is 31.7. The summed E-state index contributed by atoms with van der Waals surface area (Å²) < 4.78 is 5.41. The largest absolute Gasteiger partial charge is 0.381 e. The monoisotopic (exact) mass is 317 g/mol. The van der Waals surface area contributed by atoms with Crippen molar-refractivity contribution in [3.05, 3.63) is 0 Å². The number of rotatable bonds is 5. The molecule has 3 heteroatoms. The van der Waals surface area contributed by atoms with Gasteiger partial charge in [0.2, 0.25) is 0 Å². The number of ether oxygens (including phenoxy) is 1. The van der Waals surface area contributed by atoms with Crippen molar-refractivity contribution in [1.29, 1.82) is 0 Å². The predicted octanol–water partition coefficient (Wildman–Crippen LogP) is 3.69. The molecule has 2 unspecified atom stereocenters. The predicted molar refractivity (Wildman–Crippen MR) is 80.3 cm³/mol.